The zero-order valence-corrected chi connectivity index (χ0v) is 18.6. The SMILES string of the molecule is COCCN1C(=O)c2ccccc2[C@@H](C(=O)Nc2nnc(C3CC3)s2)C12CCCCC2. The summed E-state index contributed by atoms with van der Waals surface area (Å²) in [4.78, 5) is 29.2. The Balaban J connectivity index is 1.54. The highest BCUT2D eigenvalue weighted by Crippen LogP contribution is 2.49. The van der Waals surface area contributed by atoms with E-state index in [0.717, 1.165) is 55.5 Å². The molecule has 0 radical (unpaired) electrons. The summed E-state index contributed by atoms with van der Waals surface area (Å²) in [6, 6.07) is 7.57. The van der Waals surface area contributed by atoms with E-state index in [9.17, 15) is 9.59 Å². The number of hydrogen-bond acceptors (Lipinski definition) is 6. The highest BCUT2D eigenvalue weighted by molar-refractivity contribution is 7.15. The van der Waals surface area contributed by atoms with Crippen molar-refractivity contribution in [1.82, 2.24) is 15.1 Å². The van der Waals surface area contributed by atoms with Crippen LogP contribution >= 0.6 is 11.3 Å². The maximum atomic E-state index is 13.8. The molecule has 2 aliphatic carbocycles. The molecule has 2 saturated carbocycles. The fraction of sp³-hybridized carbons (Fsp3) is 0.565. The number of anilines is 1. The molecule has 3 aliphatic rings. The first-order chi connectivity index (χ1) is 15.1. The van der Waals surface area contributed by atoms with Crippen LogP contribution in [0.5, 0.6) is 0 Å². The molecule has 8 heteroatoms. The number of carbonyl (C=O) groups is 2. The first-order valence-corrected chi connectivity index (χ1v) is 12.0. The third-order valence-electron chi connectivity index (χ3n) is 6.92. The summed E-state index contributed by atoms with van der Waals surface area (Å²) in [5.74, 6) is -0.0227. The van der Waals surface area contributed by atoms with Crippen LogP contribution in [0.1, 0.15) is 77.7 Å². The molecule has 5 rings (SSSR count). The van der Waals surface area contributed by atoms with Gasteiger partial charge in [0.1, 0.15) is 5.01 Å². The van der Waals surface area contributed by atoms with Gasteiger partial charge in [0.25, 0.3) is 5.91 Å². The predicted molar refractivity (Wildman–Crippen MR) is 118 cm³/mol. The smallest absolute Gasteiger partial charge is 0.254 e. The largest absolute Gasteiger partial charge is 0.383 e. The molecule has 1 spiro atoms. The molecule has 0 bridgehead atoms. The summed E-state index contributed by atoms with van der Waals surface area (Å²) in [5, 5.41) is 13.1. The summed E-state index contributed by atoms with van der Waals surface area (Å²) >= 11 is 1.47. The van der Waals surface area contributed by atoms with Gasteiger partial charge in [-0.25, -0.2) is 0 Å². The van der Waals surface area contributed by atoms with E-state index in [1.54, 1.807) is 7.11 Å². The van der Waals surface area contributed by atoms with Crippen molar-refractivity contribution < 1.29 is 14.3 Å². The number of aromatic nitrogens is 2. The Bertz CT molecular complexity index is 981. The molecule has 1 aromatic heterocycles. The van der Waals surface area contributed by atoms with Crippen molar-refractivity contribution in [3.05, 3.63) is 40.4 Å². The van der Waals surface area contributed by atoms with Crippen molar-refractivity contribution in [2.75, 3.05) is 25.6 Å². The average Bonchev–Trinajstić information content (AvgIpc) is 3.53. The van der Waals surface area contributed by atoms with Gasteiger partial charge in [-0.1, -0.05) is 48.8 Å². The number of methoxy groups -OCH3 is 1. The summed E-state index contributed by atoms with van der Waals surface area (Å²) in [6.07, 6.45) is 7.08. The van der Waals surface area contributed by atoms with Crippen LogP contribution in [0.15, 0.2) is 24.3 Å². The van der Waals surface area contributed by atoms with Crippen molar-refractivity contribution in [1.29, 1.82) is 0 Å². The van der Waals surface area contributed by atoms with Gasteiger partial charge in [-0.15, -0.1) is 10.2 Å². The molecule has 2 amide bonds. The van der Waals surface area contributed by atoms with Crippen LogP contribution in [0.4, 0.5) is 5.13 Å². The fourth-order valence-corrected chi connectivity index (χ4v) is 6.22. The third kappa shape index (κ3) is 3.65. The van der Waals surface area contributed by atoms with Crippen molar-refractivity contribution >= 4 is 28.3 Å². The molecule has 1 N–H and O–H groups in total. The van der Waals surface area contributed by atoms with E-state index >= 15 is 0 Å². The average molecular weight is 441 g/mol. The molecule has 1 aromatic carbocycles. The molecule has 2 heterocycles. The van der Waals surface area contributed by atoms with Gasteiger partial charge in [-0.05, 0) is 37.3 Å². The molecule has 164 valence electrons. The molecule has 31 heavy (non-hydrogen) atoms. The van der Waals surface area contributed by atoms with Gasteiger partial charge in [0, 0.05) is 25.1 Å². The van der Waals surface area contributed by atoms with E-state index in [-0.39, 0.29) is 11.8 Å². The molecule has 1 aliphatic heterocycles. The van der Waals surface area contributed by atoms with Gasteiger partial charge in [0.05, 0.1) is 18.1 Å². The number of carbonyl (C=O) groups excluding carboxylic acids is 2. The van der Waals surface area contributed by atoms with Gasteiger partial charge in [0.2, 0.25) is 11.0 Å². The predicted octanol–water partition coefficient (Wildman–Crippen LogP) is 3.94. The molecular formula is C23H28N4O3S. The zero-order valence-electron chi connectivity index (χ0n) is 17.8. The Hall–Kier alpha value is -2.32. The second kappa shape index (κ2) is 8.31. The van der Waals surface area contributed by atoms with Gasteiger partial charge < -0.3 is 9.64 Å². The molecule has 2 fully saturated rings. The van der Waals surface area contributed by atoms with Crippen LogP contribution in [-0.2, 0) is 9.53 Å². The Kier molecular flexibility index (Phi) is 5.52. The molecule has 7 nitrogen and oxygen atoms in total. The summed E-state index contributed by atoms with van der Waals surface area (Å²) < 4.78 is 5.33. The van der Waals surface area contributed by atoms with Crippen molar-refractivity contribution in [3.8, 4) is 0 Å². The van der Waals surface area contributed by atoms with Crippen LogP contribution in [0, 0.1) is 0 Å². The van der Waals surface area contributed by atoms with Crippen LogP contribution < -0.4 is 5.32 Å². The molecular weight excluding hydrogens is 412 g/mol. The van der Waals surface area contributed by atoms with Gasteiger partial charge in [0.15, 0.2) is 0 Å². The van der Waals surface area contributed by atoms with E-state index < -0.39 is 11.5 Å². The van der Waals surface area contributed by atoms with E-state index in [1.807, 2.05) is 29.2 Å². The number of fused-ring (bicyclic) bond motifs is 1. The minimum atomic E-state index is -0.531. The number of hydrogen-bond donors (Lipinski definition) is 1. The monoisotopic (exact) mass is 440 g/mol. The van der Waals surface area contributed by atoms with Crippen molar-refractivity contribution in [2.24, 2.45) is 0 Å². The minimum absolute atomic E-state index is 0.00512. The van der Waals surface area contributed by atoms with Crippen LogP contribution in [0.3, 0.4) is 0 Å². The highest BCUT2D eigenvalue weighted by Gasteiger charge is 2.54. The summed E-state index contributed by atoms with van der Waals surface area (Å²) in [5.41, 5.74) is 0.912. The number of nitrogens with one attached hydrogen (secondary N) is 1. The second-order valence-corrected chi connectivity index (χ2v) is 9.85. The lowest BCUT2D eigenvalue weighted by molar-refractivity contribution is -0.122. The molecule has 0 unspecified atom stereocenters. The maximum Gasteiger partial charge on any atom is 0.254 e. The number of ether oxygens (including phenoxy) is 1. The molecule has 0 saturated heterocycles. The number of amides is 2. The fourth-order valence-electron chi connectivity index (χ4n) is 5.31. The minimum Gasteiger partial charge on any atom is -0.383 e. The highest BCUT2D eigenvalue weighted by atomic mass is 32.1. The van der Waals surface area contributed by atoms with Crippen molar-refractivity contribution in [2.45, 2.75) is 62.3 Å². The van der Waals surface area contributed by atoms with Gasteiger partial charge in [-0.3, -0.25) is 14.9 Å². The quantitative estimate of drug-likeness (QED) is 0.735. The van der Waals surface area contributed by atoms with Crippen LogP contribution in [0.2, 0.25) is 0 Å². The Labute approximate surface area is 186 Å². The van der Waals surface area contributed by atoms with Crippen LogP contribution in [0.25, 0.3) is 0 Å². The maximum absolute atomic E-state index is 13.8. The topological polar surface area (TPSA) is 84.4 Å². The second-order valence-electron chi connectivity index (χ2n) is 8.84. The Morgan fingerprint density at radius 3 is 2.74 bits per heavy atom. The molecule has 2 aromatic rings. The lowest BCUT2D eigenvalue weighted by Gasteiger charge is -2.53. The van der Waals surface area contributed by atoms with E-state index in [1.165, 1.54) is 11.3 Å². The number of rotatable bonds is 6. The standard InChI is InChI=1S/C23H28N4O3S/c1-30-14-13-27-21(29)17-8-4-3-7-16(17)18(23(27)11-5-2-6-12-23)19(28)24-22-26-25-20(31-22)15-9-10-15/h3-4,7-8,15,18H,2,5-6,9-14H2,1H3,(H,24,26,28)/t18-/m0/s1. The van der Waals surface area contributed by atoms with Gasteiger partial charge in [-0.2, -0.15) is 0 Å². The normalized spacial score (nSPS) is 22.4. The lowest BCUT2D eigenvalue weighted by Crippen LogP contribution is -2.62. The van der Waals surface area contributed by atoms with Crippen molar-refractivity contribution in [3.63, 3.8) is 0 Å². The Morgan fingerprint density at radius 2 is 2.00 bits per heavy atom. The van der Waals surface area contributed by atoms with E-state index in [4.69, 9.17) is 4.74 Å². The molecule has 1 atom stereocenters. The zero-order chi connectivity index (χ0) is 21.4. The lowest BCUT2D eigenvalue weighted by atomic mass is 9.65. The first kappa shape index (κ1) is 20.6. The van der Waals surface area contributed by atoms with E-state index in [0.29, 0.717) is 29.8 Å². The van der Waals surface area contributed by atoms with Gasteiger partial charge >= 0.3 is 0 Å². The Morgan fingerprint density at radius 1 is 1.23 bits per heavy atom. The van der Waals surface area contributed by atoms with E-state index in [2.05, 4.69) is 15.5 Å². The third-order valence-corrected chi connectivity index (χ3v) is 7.92. The number of benzene rings is 1. The first-order valence-electron chi connectivity index (χ1n) is 11.2. The summed E-state index contributed by atoms with van der Waals surface area (Å²) in [7, 11) is 1.65. The summed E-state index contributed by atoms with van der Waals surface area (Å²) in [6.45, 7) is 0.934. The van der Waals surface area contributed by atoms with Crippen LogP contribution in [-0.4, -0.2) is 52.7 Å². The number of nitrogens with zero attached hydrogens (tertiary/aromatic N) is 3.